The third kappa shape index (κ3) is 2.13. The van der Waals surface area contributed by atoms with E-state index in [-0.39, 0.29) is 12.4 Å². The number of hydrogen-bond donors (Lipinski definition) is 2. The Morgan fingerprint density at radius 2 is 2.25 bits per heavy atom. The first-order valence-corrected chi connectivity index (χ1v) is 5.51. The second-order valence-electron chi connectivity index (χ2n) is 4.11. The summed E-state index contributed by atoms with van der Waals surface area (Å²) in [5.74, 6) is 0.0848. The number of fused-ring (bicyclic) bond motifs is 1. The fourth-order valence-electron chi connectivity index (χ4n) is 2.11. The van der Waals surface area contributed by atoms with Gasteiger partial charge < -0.3 is 10.2 Å². The van der Waals surface area contributed by atoms with Crippen LogP contribution in [-0.4, -0.2) is 33.7 Å². The van der Waals surface area contributed by atoms with Crippen LogP contribution in [0.1, 0.15) is 34.5 Å². The number of aliphatic hydroxyl groups excluding tert-OH is 2. The fourth-order valence-corrected chi connectivity index (χ4v) is 2.11. The number of hydrogen-bond acceptors (Lipinski definition) is 4. The van der Waals surface area contributed by atoms with Crippen molar-refractivity contribution in [1.82, 2.24) is 4.98 Å². The molecule has 2 N–H and O–H groups in total. The number of aliphatic hydroxyl groups is 2. The normalized spacial score (nSPS) is 17.0. The molecule has 4 nitrogen and oxygen atoms in total. The zero-order valence-corrected chi connectivity index (χ0v) is 9.02. The zero-order valence-electron chi connectivity index (χ0n) is 9.02. The van der Waals surface area contributed by atoms with Crippen LogP contribution in [0.5, 0.6) is 0 Å². The quantitative estimate of drug-likeness (QED) is 0.779. The van der Waals surface area contributed by atoms with Crippen LogP contribution in [0.4, 0.5) is 0 Å². The van der Waals surface area contributed by atoms with Crippen molar-refractivity contribution >= 4 is 5.78 Å². The highest BCUT2D eigenvalue weighted by Gasteiger charge is 2.21. The molecule has 0 fully saturated rings. The smallest absolute Gasteiger partial charge is 0.181 e. The number of ketones is 1. The lowest BCUT2D eigenvalue weighted by Crippen LogP contribution is -2.20. The maximum Gasteiger partial charge on any atom is 0.181 e. The van der Waals surface area contributed by atoms with Crippen molar-refractivity contribution in [2.75, 3.05) is 6.61 Å². The van der Waals surface area contributed by atoms with Crippen molar-refractivity contribution in [3.63, 3.8) is 0 Å². The van der Waals surface area contributed by atoms with E-state index in [2.05, 4.69) is 4.98 Å². The van der Waals surface area contributed by atoms with Crippen molar-refractivity contribution in [2.45, 2.75) is 31.8 Å². The summed E-state index contributed by atoms with van der Waals surface area (Å²) in [6.45, 7) is -0.259. The molecule has 1 aliphatic carbocycles. The van der Waals surface area contributed by atoms with Crippen LogP contribution in [0.2, 0.25) is 0 Å². The van der Waals surface area contributed by atoms with Gasteiger partial charge in [0.2, 0.25) is 0 Å². The van der Waals surface area contributed by atoms with Gasteiger partial charge in [0.15, 0.2) is 5.78 Å². The van der Waals surface area contributed by atoms with E-state index in [1.54, 1.807) is 6.20 Å². The van der Waals surface area contributed by atoms with Crippen LogP contribution >= 0.6 is 0 Å². The summed E-state index contributed by atoms with van der Waals surface area (Å²) in [7, 11) is 0. The predicted molar refractivity (Wildman–Crippen MR) is 58.3 cm³/mol. The lowest BCUT2D eigenvalue weighted by Gasteiger charge is -2.18. The molecular weight excluding hydrogens is 206 g/mol. The molecule has 1 aromatic heterocycles. The molecule has 0 saturated heterocycles. The minimum absolute atomic E-state index is 0.0848. The molecule has 0 radical (unpaired) electrons. The monoisotopic (exact) mass is 221 g/mol. The van der Waals surface area contributed by atoms with E-state index in [4.69, 9.17) is 5.11 Å². The number of carbonyl (C=O) groups is 1. The second-order valence-corrected chi connectivity index (χ2v) is 4.11. The van der Waals surface area contributed by atoms with Gasteiger partial charge in [-0.2, -0.15) is 0 Å². The van der Waals surface area contributed by atoms with E-state index in [9.17, 15) is 9.90 Å². The summed E-state index contributed by atoms with van der Waals surface area (Å²) in [5, 5.41) is 18.2. The van der Waals surface area contributed by atoms with Crippen molar-refractivity contribution in [2.24, 2.45) is 0 Å². The topological polar surface area (TPSA) is 70.4 Å². The van der Waals surface area contributed by atoms with E-state index in [0.29, 0.717) is 18.5 Å². The summed E-state index contributed by atoms with van der Waals surface area (Å²) in [5.41, 5.74) is 2.43. The first-order valence-electron chi connectivity index (χ1n) is 5.51. The minimum Gasteiger partial charge on any atom is -0.394 e. The highest BCUT2D eigenvalue weighted by molar-refractivity contribution is 5.96. The lowest BCUT2D eigenvalue weighted by molar-refractivity contribution is 0.0941. The summed E-state index contributed by atoms with van der Waals surface area (Å²) in [6.07, 6.45) is 3.47. The molecular formula is C12H15NO3. The highest BCUT2D eigenvalue weighted by atomic mass is 16.3. The van der Waals surface area contributed by atoms with Gasteiger partial charge in [-0.3, -0.25) is 9.78 Å². The molecule has 0 spiro atoms. The molecule has 1 aromatic rings. The third-order valence-electron chi connectivity index (χ3n) is 2.91. The lowest BCUT2D eigenvalue weighted by atomic mass is 9.89. The Kier molecular flexibility index (Phi) is 3.31. The molecule has 0 aliphatic heterocycles. The number of Topliss-reactive ketones (excluding diaryl/α,β-unsaturated/α-hetero) is 1. The number of rotatable bonds is 3. The molecule has 4 heteroatoms. The Hall–Kier alpha value is -1.26. The standard InChI is InChI=1S/C12H15NO3/c14-7-9(15)6-8-4-5-13-12-10(8)2-1-3-11(12)16/h4-5,9,14-15H,1-3,6-7H2. The maximum absolute atomic E-state index is 11.6. The molecule has 16 heavy (non-hydrogen) atoms. The Morgan fingerprint density at radius 1 is 1.44 bits per heavy atom. The van der Waals surface area contributed by atoms with Crippen LogP contribution < -0.4 is 0 Å². The molecule has 0 amide bonds. The number of pyridine rings is 1. The molecule has 0 aromatic carbocycles. The van der Waals surface area contributed by atoms with Gasteiger partial charge in [-0.15, -0.1) is 0 Å². The van der Waals surface area contributed by atoms with Crippen molar-refractivity contribution in [3.05, 3.63) is 29.1 Å². The predicted octanol–water partition coefficient (Wildman–Crippen LogP) is 0.496. The zero-order chi connectivity index (χ0) is 11.5. The van der Waals surface area contributed by atoms with Crippen LogP contribution in [0.25, 0.3) is 0 Å². The molecule has 1 aliphatic rings. The Morgan fingerprint density at radius 3 is 3.00 bits per heavy atom. The van der Waals surface area contributed by atoms with Crippen molar-refractivity contribution in [1.29, 1.82) is 0 Å². The van der Waals surface area contributed by atoms with Crippen LogP contribution in [0.3, 0.4) is 0 Å². The number of nitrogens with zero attached hydrogens (tertiary/aromatic N) is 1. The molecule has 86 valence electrons. The second kappa shape index (κ2) is 4.72. The summed E-state index contributed by atoms with van der Waals surface area (Å²) < 4.78 is 0. The van der Waals surface area contributed by atoms with E-state index in [1.165, 1.54) is 0 Å². The van der Waals surface area contributed by atoms with E-state index in [1.807, 2.05) is 6.07 Å². The first kappa shape index (κ1) is 11.2. The summed E-state index contributed by atoms with van der Waals surface area (Å²) in [4.78, 5) is 15.7. The average Bonchev–Trinajstić information content (AvgIpc) is 2.30. The third-order valence-corrected chi connectivity index (χ3v) is 2.91. The Bertz CT molecular complexity index is 403. The Balaban J connectivity index is 2.32. The molecule has 0 saturated carbocycles. The fraction of sp³-hybridized carbons (Fsp3) is 0.500. The van der Waals surface area contributed by atoms with Gasteiger partial charge in [0.1, 0.15) is 5.69 Å². The highest BCUT2D eigenvalue weighted by Crippen LogP contribution is 2.23. The maximum atomic E-state index is 11.6. The van der Waals surface area contributed by atoms with Gasteiger partial charge in [-0.1, -0.05) is 0 Å². The number of aromatic nitrogens is 1. The van der Waals surface area contributed by atoms with E-state index >= 15 is 0 Å². The van der Waals surface area contributed by atoms with Crippen molar-refractivity contribution in [3.8, 4) is 0 Å². The minimum atomic E-state index is -0.761. The van der Waals surface area contributed by atoms with Gasteiger partial charge in [0.05, 0.1) is 12.7 Å². The van der Waals surface area contributed by atoms with Gasteiger partial charge >= 0.3 is 0 Å². The molecule has 1 atom stereocenters. The van der Waals surface area contributed by atoms with Gasteiger partial charge in [0, 0.05) is 19.0 Å². The van der Waals surface area contributed by atoms with Crippen LogP contribution in [-0.2, 0) is 12.8 Å². The van der Waals surface area contributed by atoms with E-state index in [0.717, 1.165) is 24.0 Å². The molecule has 2 rings (SSSR count). The summed E-state index contributed by atoms with van der Waals surface area (Å²) in [6, 6.07) is 1.82. The number of carbonyl (C=O) groups excluding carboxylic acids is 1. The first-order chi connectivity index (χ1) is 7.72. The SMILES string of the molecule is O=C1CCCc2c(CC(O)CO)ccnc21. The molecule has 1 heterocycles. The summed E-state index contributed by atoms with van der Waals surface area (Å²) >= 11 is 0. The van der Waals surface area contributed by atoms with Gasteiger partial charge in [-0.25, -0.2) is 0 Å². The average molecular weight is 221 g/mol. The largest absolute Gasteiger partial charge is 0.394 e. The van der Waals surface area contributed by atoms with Crippen molar-refractivity contribution < 1.29 is 15.0 Å². The molecule has 0 bridgehead atoms. The van der Waals surface area contributed by atoms with Gasteiger partial charge in [0.25, 0.3) is 0 Å². The Labute approximate surface area is 93.9 Å². The van der Waals surface area contributed by atoms with Gasteiger partial charge in [-0.05, 0) is 30.0 Å². The molecule has 1 unspecified atom stereocenters. The van der Waals surface area contributed by atoms with Crippen LogP contribution in [0, 0.1) is 0 Å². The van der Waals surface area contributed by atoms with Crippen LogP contribution in [0.15, 0.2) is 12.3 Å². The van der Waals surface area contributed by atoms with E-state index < -0.39 is 6.10 Å².